The Bertz CT molecular complexity index is 638. The van der Waals surface area contributed by atoms with Gasteiger partial charge in [0.15, 0.2) is 0 Å². The van der Waals surface area contributed by atoms with E-state index in [9.17, 15) is 20.2 Å². The largest absolute Gasteiger partial charge is 0.377 e. The highest BCUT2D eigenvalue weighted by atomic mass is 16.6. The van der Waals surface area contributed by atoms with Gasteiger partial charge in [0.1, 0.15) is 11.4 Å². The Hall–Kier alpha value is -2.38. The molecule has 1 aromatic carbocycles. The molecule has 0 amide bonds. The van der Waals surface area contributed by atoms with Crippen molar-refractivity contribution in [1.29, 1.82) is 0 Å². The summed E-state index contributed by atoms with van der Waals surface area (Å²) in [5, 5.41) is 29.8. The van der Waals surface area contributed by atoms with Gasteiger partial charge in [-0.15, -0.1) is 0 Å². The van der Waals surface area contributed by atoms with Crippen molar-refractivity contribution in [1.82, 2.24) is 0 Å². The molecule has 0 aromatic heterocycles. The van der Waals surface area contributed by atoms with Crippen molar-refractivity contribution in [3.63, 3.8) is 0 Å². The molecule has 8 heteroatoms. The molecule has 3 rings (SSSR count). The molecule has 2 aliphatic rings. The maximum atomic E-state index is 11.6. The van der Waals surface area contributed by atoms with Crippen LogP contribution in [0.25, 0.3) is 0 Å². The molecule has 0 aliphatic heterocycles. The van der Waals surface area contributed by atoms with E-state index in [1.807, 2.05) is 0 Å². The molecular weight excluding hydrogens is 360 g/mol. The number of nitrogens with zero attached hydrogens (tertiary/aromatic N) is 2. The second kappa shape index (κ2) is 9.71. The predicted molar refractivity (Wildman–Crippen MR) is 110 cm³/mol. The zero-order valence-electron chi connectivity index (χ0n) is 16.3. The third-order valence-corrected chi connectivity index (χ3v) is 5.94. The first kappa shape index (κ1) is 20.4. The molecule has 0 unspecified atom stereocenters. The van der Waals surface area contributed by atoms with E-state index in [0.29, 0.717) is 11.4 Å². The Morgan fingerprint density at radius 1 is 0.643 bits per heavy atom. The molecule has 8 nitrogen and oxygen atoms in total. The van der Waals surface area contributed by atoms with E-state index < -0.39 is 9.85 Å². The number of hydrogen-bond donors (Lipinski definition) is 2. The molecule has 0 radical (unpaired) electrons. The van der Waals surface area contributed by atoms with Crippen LogP contribution in [0.15, 0.2) is 12.1 Å². The van der Waals surface area contributed by atoms with Gasteiger partial charge in [-0.05, 0) is 31.7 Å². The summed E-state index contributed by atoms with van der Waals surface area (Å²) in [6.07, 6.45) is 13.1. The fourth-order valence-electron chi connectivity index (χ4n) is 4.40. The zero-order chi connectivity index (χ0) is 19.9. The Labute approximate surface area is 165 Å². The highest BCUT2D eigenvalue weighted by molar-refractivity contribution is 5.77. The fourth-order valence-corrected chi connectivity index (χ4v) is 4.40. The van der Waals surface area contributed by atoms with E-state index in [4.69, 9.17) is 0 Å². The van der Waals surface area contributed by atoms with Gasteiger partial charge in [0.05, 0.1) is 15.9 Å². The van der Waals surface area contributed by atoms with Crippen LogP contribution < -0.4 is 10.6 Å². The molecular formula is C20H30N4O4. The van der Waals surface area contributed by atoms with Crippen LogP contribution in [0.1, 0.15) is 77.0 Å². The molecule has 1 aromatic rings. The minimum Gasteiger partial charge on any atom is -0.377 e. The van der Waals surface area contributed by atoms with Gasteiger partial charge in [0, 0.05) is 12.1 Å². The molecule has 28 heavy (non-hydrogen) atoms. The van der Waals surface area contributed by atoms with Gasteiger partial charge in [-0.25, -0.2) is 0 Å². The Balaban J connectivity index is 1.89. The minimum absolute atomic E-state index is 0.174. The summed E-state index contributed by atoms with van der Waals surface area (Å²) in [6.45, 7) is 0. The molecule has 0 saturated heterocycles. The van der Waals surface area contributed by atoms with Crippen LogP contribution in [-0.4, -0.2) is 21.9 Å². The summed E-state index contributed by atoms with van der Waals surface area (Å²) in [7, 11) is 0. The van der Waals surface area contributed by atoms with E-state index in [0.717, 1.165) is 57.4 Å². The fraction of sp³-hybridized carbons (Fsp3) is 0.700. The first-order chi connectivity index (χ1) is 13.5. The number of benzene rings is 1. The number of anilines is 2. The Morgan fingerprint density at radius 2 is 1.00 bits per heavy atom. The van der Waals surface area contributed by atoms with Gasteiger partial charge in [-0.1, -0.05) is 51.4 Å². The average Bonchev–Trinajstić information content (AvgIpc) is 3.06. The monoisotopic (exact) mass is 390 g/mol. The number of rotatable bonds is 6. The van der Waals surface area contributed by atoms with Crippen molar-refractivity contribution >= 4 is 22.7 Å². The number of nitro benzene ring substituents is 2. The zero-order valence-corrected chi connectivity index (χ0v) is 16.3. The Morgan fingerprint density at radius 3 is 1.32 bits per heavy atom. The third-order valence-electron chi connectivity index (χ3n) is 5.94. The van der Waals surface area contributed by atoms with Crippen molar-refractivity contribution in [2.45, 2.75) is 89.1 Å². The van der Waals surface area contributed by atoms with Crippen molar-refractivity contribution in [2.75, 3.05) is 10.6 Å². The van der Waals surface area contributed by atoms with Gasteiger partial charge in [-0.2, -0.15) is 0 Å². The van der Waals surface area contributed by atoms with Gasteiger partial charge in [-0.3, -0.25) is 20.2 Å². The molecule has 2 N–H and O–H groups in total. The summed E-state index contributed by atoms with van der Waals surface area (Å²) >= 11 is 0. The topological polar surface area (TPSA) is 110 Å². The highest BCUT2D eigenvalue weighted by Gasteiger charge is 2.27. The molecule has 2 saturated carbocycles. The van der Waals surface area contributed by atoms with Crippen molar-refractivity contribution in [2.24, 2.45) is 0 Å². The number of nitrogens with one attached hydrogen (secondary N) is 2. The lowest BCUT2D eigenvalue weighted by atomic mass is 10.1. The van der Waals surface area contributed by atoms with E-state index >= 15 is 0 Å². The highest BCUT2D eigenvalue weighted by Crippen LogP contribution is 2.38. The van der Waals surface area contributed by atoms with E-state index in [-0.39, 0.29) is 23.5 Å². The second-order valence-corrected chi connectivity index (χ2v) is 8.07. The lowest BCUT2D eigenvalue weighted by molar-refractivity contribution is -0.393. The minimum atomic E-state index is -0.526. The normalized spacial score (nSPS) is 19.4. The molecule has 0 bridgehead atoms. The van der Waals surface area contributed by atoms with E-state index in [1.165, 1.54) is 25.7 Å². The molecule has 2 aliphatic carbocycles. The first-order valence-electron chi connectivity index (χ1n) is 10.5. The maximum Gasteiger partial charge on any atom is 0.299 e. The van der Waals surface area contributed by atoms with Crippen molar-refractivity contribution in [3.8, 4) is 0 Å². The molecule has 0 spiro atoms. The molecule has 154 valence electrons. The Kier molecular flexibility index (Phi) is 7.06. The van der Waals surface area contributed by atoms with Gasteiger partial charge >= 0.3 is 0 Å². The standard InChI is InChI=1S/C20H30N4O4/c25-23(26)19-14-20(24(27)28)18(22-16-11-7-3-4-8-12-16)13-17(19)21-15-9-5-1-2-6-10-15/h13-16,21-22H,1-12H2. The first-order valence-corrected chi connectivity index (χ1v) is 10.5. The summed E-state index contributed by atoms with van der Waals surface area (Å²) in [5.41, 5.74) is 0.335. The third kappa shape index (κ3) is 5.33. The van der Waals surface area contributed by atoms with Crippen molar-refractivity contribution < 1.29 is 9.85 Å². The van der Waals surface area contributed by atoms with Crippen LogP contribution in [0, 0.1) is 20.2 Å². The van der Waals surface area contributed by atoms with E-state index in [1.54, 1.807) is 6.07 Å². The quantitative estimate of drug-likeness (QED) is 0.362. The maximum absolute atomic E-state index is 11.6. The average molecular weight is 390 g/mol. The number of hydrogen-bond acceptors (Lipinski definition) is 6. The smallest absolute Gasteiger partial charge is 0.299 e. The number of nitro groups is 2. The second-order valence-electron chi connectivity index (χ2n) is 8.07. The summed E-state index contributed by atoms with van der Waals surface area (Å²) in [6, 6.07) is 3.05. The van der Waals surface area contributed by atoms with Crippen molar-refractivity contribution in [3.05, 3.63) is 32.4 Å². The SMILES string of the molecule is O=[N+]([O-])c1cc([N+](=O)[O-])c(NC2CCCCCC2)cc1NC1CCCCCC1. The van der Waals surface area contributed by atoms with Crippen LogP contribution in [0.4, 0.5) is 22.7 Å². The van der Waals surface area contributed by atoms with Crippen LogP contribution in [0.3, 0.4) is 0 Å². The van der Waals surface area contributed by atoms with Crippen LogP contribution in [0.2, 0.25) is 0 Å². The van der Waals surface area contributed by atoms with Crippen LogP contribution >= 0.6 is 0 Å². The lowest BCUT2D eigenvalue weighted by Crippen LogP contribution is -2.21. The van der Waals surface area contributed by atoms with Gasteiger partial charge in [0.25, 0.3) is 11.4 Å². The molecule has 2 fully saturated rings. The van der Waals surface area contributed by atoms with Crippen LogP contribution in [0.5, 0.6) is 0 Å². The summed E-state index contributed by atoms with van der Waals surface area (Å²) in [5.74, 6) is 0. The van der Waals surface area contributed by atoms with Gasteiger partial charge < -0.3 is 10.6 Å². The predicted octanol–water partition coefficient (Wildman–Crippen LogP) is 5.77. The lowest BCUT2D eigenvalue weighted by Gasteiger charge is -2.21. The summed E-state index contributed by atoms with van der Waals surface area (Å²) in [4.78, 5) is 22.1. The van der Waals surface area contributed by atoms with Crippen LogP contribution in [-0.2, 0) is 0 Å². The molecule has 0 atom stereocenters. The summed E-state index contributed by atoms with van der Waals surface area (Å²) < 4.78 is 0. The molecule has 0 heterocycles. The van der Waals surface area contributed by atoms with E-state index in [2.05, 4.69) is 10.6 Å². The van der Waals surface area contributed by atoms with Gasteiger partial charge in [0.2, 0.25) is 0 Å².